The summed E-state index contributed by atoms with van der Waals surface area (Å²) >= 11 is 0. The van der Waals surface area contributed by atoms with Crippen molar-refractivity contribution in [3.63, 3.8) is 0 Å². The highest BCUT2D eigenvalue weighted by molar-refractivity contribution is 5.92. The van der Waals surface area contributed by atoms with Crippen molar-refractivity contribution in [3.05, 3.63) is 12.2 Å². The number of hydrogen-bond acceptors (Lipinski definition) is 1. The zero-order valence-corrected chi connectivity index (χ0v) is 9.97. The second kappa shape index (κ2) is 4.67. The second-order valence-corrected chi connectivity index (χ2v) is 5.42. The average molecular weight is 264 g/mol. The Labute approximate surface area is 103 Å². The van der Waals surface area contributed by atoms with Gasteiger partial charge in [-0.15, -0.1) is 0 Å². The number of hydrogen-bond donors (Lipinski definition) is 0. The Morgan fingerprint density at radius 2 is 1.56 bits per heavy atom. The van der Waals surface area contributed by atoms with Crippen LogP contribution in [0.1, 0.15) is 38.5 Å². The van der Waals surface area contributed by atoms with Gasteiger partial charge >= 0.3 is 0 Å². The van der Waals surface area contributed by atoms with Gasteiger partial charge in [0.05, 0.1) is 0 Å². The van der Waals surface area contributed by atoms with E-state index < -0.39 is 17.8 Å². The van der Waals surface area contributed by atoms with Crippen LogP contribution in [0.25, 0.3) is 0 Å². The van der Waals surface area contributed by atoms with Crippen molar-refractivity contribution in [2.45, 2.75) is 50.4 Å². The molecule has 2 aliphatic rings. The van der Waals surface area contributed by atoms with Crippen LogP contribution in [0.5, 0.6) is 0 Å². The van der Waals surface area contributed by atoms with Gasteiger partial charge in [0.2, 0.25) is 11.8 Å². The van der Waals surface area contributed by atoms with Crippen molar-refractivity contribution in [3.8, 4) is 0 Å². The molecule has 2 fully saturated rings. The summed E-state index contributed by atoms with van der Waals surface area (Å²) in [5.41, 5.74) is 0. The summed E-state index contributed by atoms with van der Waals surface area (Å²) in [4.78, 5) is 11.5. The van der Waals surface area contributed by atoms with Crippen molar-refractivity contribution >= 4 is 5.78 Å². The van der Waals surface area contributed by atoms with E-state index in [1.807, 2.05) is 0 Å². The fourth-order valence-corrected chi connectivity index (χ4v) is 2.48. The van der Waals surface area contributed by atoms with Gasteiger partial charge < -0.3 is 0 Å². The van der Waals surface area contributed by atoms with Crippen molar-refractivity contribution in [1.29, 1.82) is 0 Å². The van der Waals surface area contributed by atoms with Crippen molar-refractivity contribution in [1.82, 2.24) is 0 Å². The van der Waals surface area contributed by atoms with E-state index in [0.717, 1.165) is 0 Å². The number of halogens is 4. The molecular formula is C13H16F4O. The van der Waals surface area contributed by atoms with E-state index in [2.05, 4.69) is 0 Å². The van der Waals surface area contributed by atoms with E-state index in [9.17, 15) is 22.4 Å². The summed E-state index contributed by atoms with van der Waals surface area (Å²) in [6.07, 6.45) is 2.59. The summed E-state index contributed by atoms with van der Waals surface area (Å²) in [6, 6.07) is 0. The zero-order chi connectivity index (χ0) is 13.4. The number of carbonyl (C=O) groups excluding carboxylic acids is 1. The fourth-order valence-electron chi connectivity index (χ4n) is 2.48. The van der Waals surface area contributed by atoms with E-state index in [1.165, 1.54) is 6.08 Å². The Balaban J connectivity index is 1.77. The highest BCUT2D eigenvalue weighted by Crippen LogP contribution is 2.43. The zero-order valence-electron chi connectivity index (χ0n) is 9.97. The lowest BCUT2D eigenvalue weighted by molar-refractivity contribution is -0.143. The molecule has 0 unspecified atom stereocenters. The van der Waals surface area contributed by atoms with Gasteiger partial charge in [0, 0.05) is 31.6 Å². The molecule has 0 radical (unpaired) electrons. The van der Waals surface area contributed by atoms with Gasteiger partial charge in [0.15, 0.2) is 5.78 Å². The number of rotatable bonds is 3. The molecule has 0 amide bonds. The molecule has 0 aromatic rings. The van der Waals surface area contributed by atoms with Crippen LogP contribution in [0.2, 0.25) is 0 Å². The van der Waals surface area contributed by atoms with Crippen molar-refractivity contribution in [2.24, 2.45) is 11.8 Å². The molecule has 0 spiro atoms. The summed E-state index contributed by atoms with van der Waals surface area (Å²) in [5.74, 6) is -6.17. The Morgan fingerprint density at radius 3 is 2.06 bits per heavy atom. The highest BCUT2D eigenvalue weighted by Gasteiger charge is 2.47. The van der Waals surface area contributed by atoms with Crippen LogP contribution in [0, 0.1) is 11.8 Å². The van der Waals surface area contributed by atoms with E-state index in [4.69, 9.17) is 0 Å². The molecule has 2 rings (SSSR count). The lowest BCUT2D eigenvalue weighted by Crippen LogP contribution is -2.39. The van der Waals surface area contributed by atoms with Gasteiger partial charge in [-0.05, 0) is 24.8 Å². The molecule has 2 saturated carbocycles. The maximum absolute atomic E-state index is 12.9. The van der Waals surface area contributed by atoms with Crippen LogP contribution in [0.3, 0.4) is 0 Å². The second-order valence-electron chi connectivity index (χ2n) is 5.42. The molecule has 102 valence electrons. The first-order chi connectivity index (χ1) is 8.27. The normalized spacial score (nSPS) is 28.2. The minimum atomic E-state index is -2.69. The van der Waals surface area contributed by atoms with E-state index in [1.54, 1.807) is 6.08 Å². The monoisotopic (exact) mass is 264 g/mol. The van der Waals surface area contributed by atoms with Gasteiger partial charge in [0.25, 0.3) is 0 Å². The van der Waals surface area contributed by atoms with Gasteiger partial charge in [-0.25, -0.2) is 17.6 Å². The minimum Gasteiger partial charge on any atom is -0.295 e. The minimum absolute atomic E-state index is 0.0193. The SMILES string of the molecule is O=C(/C=C/C1CCC(F)(F)CC1)C1CC(F)(F)C1. The molecule has 0 aliphatic heterocycles. The summed E-state index contributed by atoms with van der Waals surface area (Å²) in [5, 5.41) is 0. The molecule has 0 aromatic heterocycles. The number of ketones is 1. The van der Waals surface area contributed by atoms with Crippen LogP contribution >= 0.6 is 0 Å². The average Bonchev–Trinajstić information content (AvgIpc) is 2.24. The third-order valence-corrected chi connectivity index (χ3v) is 3.79. The number of alkyl halides is 4. The quantitative estimate of drug-likeness (QED) is 0.556. The molecule has 0 atom stereocenters. The van der Waals surface area contributed by atoms with Crippen molar-refractivity contribution in [2.75, 3.05) is 0 Å². The van der Waals surface area contributed by atoms with Crippen LogP contribution < -0.4 is 0 Å². The summed E-state index contributed by atoms with van der Waals surface area (Å²) in [7, 11) is 0. The predicted molar refractivity (Wildman–Crippen MR) is 58.7 cm³/mol. The van der Waals surface area contributed by atoms with E-state index in [-0.39, 0.29) is 37.4 Å². The third-order valence-electron chi connectivity index (χ3n) is 3.79. The Hall–Kier alpha value is -0.870. The Kier molecular flexibility index (Phi) is 3.52. The molecule has 0 aromatic carbocycles. The smallest absolute Gasteiger partial charge is 0.249 e. The standard InChI is InChI=1S/C13H16F4O/c14-12(15)5-3-9(4-6-12)1-2-11(18)10-7-13(16,17)8-10/h1-2,9-10H,3-8H2/b2-1+. The first kappa shape index (κ1) is 13.6. The van der Waals surface area contributed by atoms with E-state index in [0.29, 0.717) is 12.8 Å². The summed E-state index contributed by atoms with van der Waals surface area (Å²) < 4.78 is 50.9. The number of allylic oxidation sites excluding steroid dienone is 2. The van der Waals surface area contributed by atoms with Gasteiger partial charge in [-0.1, -0.05) is 6.08 Å². The molecule has 18 heavy (non-hydrogen) atoms. The molecule has 2 aliphatic carbocycles. The molecule has 0 saturated heterocycles. The maximum atomic E-state index is 12.9. The molecule has 5 heteroatoms. The van der Waals surface area contributed by atoms with Crippen LogP contribution in [0.15, 0.2) is 12.2 Å². The molecule has 0 N–H and O–H groups in total. The Morgan fingerprint density at radius 1 is 1.00 bits per heavy atom. The summed E-state index contributed by atoms with van der Waals surface area (Å²) in [6.45, 7) is 0. The van der Waals surface area contributed by atoms with Gasteiger partial charge in [-0.2, -0.15) is 0 Å². The van der Waals surface area contributed by atoms with Gasteiger partial charge in [-0.3, -0.25) is 4.79 Å². The van der Waals surface area contributed by atoms with Crippen LogP contribution in [-0.4, -0.2) is 17.6 Å². The third kappa shape index (κ3) is 3.33. The first-order valence-corrected chi connectivity index (χ1v) is 6.25. The van der Waals surface area contributed by atoms with Crippen LogP contribution in [0.4, 0.5) is 17.6 Å². The topological polar surface area (TPSA) is 17.1 Å². The lowest BCUT2D eigenvalue weighted by atomic mass is 9.78. The Bertz CT molecular complexity index is 344. The van der Waals surface area contributed by atoms with Crippen molar-refractivity contribution < 1.29 is 22.4 Å². The largest absolute Gasteiger partial charge is 0.295 e. The molecular weight excluding hydrogens is 248 g/mol. The van der Waals surface area contributed by atoms with E-state index >= 15 is 0 Å². The van der Waals surface area contributed by atoms with Crippen LogP contribution in [-0.2, 0) is 4.79 Å². The molecule has 1 nitrogen and oxygen atoms in total. The maximum Gasteiger partial charge on any atom is 0.249 e. The fraction of sp³-hybridized carbons (Fsp3) is 0.769. The number of carbonyl (C=O) groups is 1. The predicted octanol–water partition coefficient (Wildman–Crippen LogP) is 3.98. The lowest BCUT2D eigenvalue weighted by Gasteiger charge is -2.33. The highest BCUT2D eigenvalue weighted by atomic mass is 19.3. The van der Waals surface area contributed by atoms with Gasteiger partial charge in [0.1, 0.15) is 0 Å². The molecule has 0 heterocycles. The first-order valence-electron chi connectivity index (χ1n) is 6.25. The molecule has 0 bridgehead atoms.